The molecular formula is C24H27ClN4O3S. The van der Waals surface area contributed by atoms with Gasteiger partial charge in [-0.3, -0.25) is 9.48 Å². The summed E-state index contributed by atoms with van der Waals surface area (Å²) in [6.45, 7) is 5.05. The van der Waals surface area contributed by atoms with Crippen LogP contribution in [0.3, 0.4) is 0 Å². The van der Waals surface area contributed by atoms with Gasteiger partial charge in [-0.15, -0.1) is 0 Å². The van der Waals surface area contributed by atoms with Gasteiger partial charge in [0, 0.05) is 24.0 Å². The Morgan fingerprint density at radius 3 is 2.33 bits per heavy atom. The topological polar surface area (TPSA) is 84.3 Å². The zero-order valence-electron chi connectivity index (χ0n) is 18.7. The number of aryl methyl sites for hydroxylation is 1. The Balaban J connectivity index is 1.39. The van der Waals surface area contributed by atoms with Crippen LogP contribution in [0.2, 0.25) is 5.02 Å². The van der Waals surface area contributed by atoms with E-state index in [0.29, 0.717) is 37.5 Å². The fourth-order valence-electron chi connectivity index (χ4n) is 4.13. The molecule has 33 heavy (non-hydrogen) atoms. The zero-order valence-corrected chi connectivity index (χ0v) is 20.2. The van der Waals surface area contributed by atoms with E-state index in [1.54, 1.807) is 12.1 Å². The van der Waals surface area contributed by atoms with Gasteiger partial charge in [-0.1, -0.05) is 41.9 Å². The summed E-state index contributed by atoms with van der Waals surface area (Å²) in [6.07, 6.45) is 0.934. The summed E-state index contributed by atoms with van der Waals surface area (Å²) >= 11 is 5.87. The molecule has 3 aromatic rings. The Hall–Kier alpha value is -2.68. The zero-order chi connectivity index (χ0) is 23.6. The molecule has 1 amide bonds. The molecule has 1 fully saturated rings. The molecule has 4 rings (SSSR count). The second-order valence-corrected chi connectivity index (χ2v) is 10.7. The molecule has 9 heteroatoms. The van der Waals surface area contributed by atoms with Crippen molar-refractivity contribution >= 4 is 33.2 Å². The number of aromatic nitrogens is 2. The lowest BCUT2D eigenvalue weighted by atomic mass is 9.97. The smallest absolute Gasteiger partial charge is 0.243 e. The predicted molar refractivity (Wildman–Crippen MR) is 129 cm³/mol. The van der Waals surface area contributed by atoms with Crippen molar-refractivity contribution in [1.29, 1.82) is 0 Å². The Bertz CT molecular complexity index is 1230. The second-order valence-electron chi connectivity index (χ2n) is 8.31. The van der Waals surface area contributed by atoms with Crippen LogP contribution < -0.4 is 5.32 Å². The lowest BCUT2D eigenvalue weighted by Crippen LogP contribution is -2.41. The molecule has 0 spiro atoms. The van der Waals surface area contributed by atoms with Gasteiger partial charge in [0.2, 0.25) is 15.9 Å². The highest BCUT2D eigenvalue weighted by molar-refractivity contribution is 7.89. The van der Waals surface area contributed by atoms with Crippen molar-refractivity contribution in [2.45, 2.75) is 38.1 Å². The maximum Gasteiger partial charge on any atom is 0.243 e. The van der Waals surface area contributed by atoms with Gasteiger partial charge in [0.15, 0.2) is 0 Å². The quantitative estimate of drug-likeness (QED) is 0.564. The first-order valence-electron chi connectivity index (χ1n) is 10.9. The van der Waals surface area contributed by atoms with E-state index in [1.807, 2.05) is 48.9 Å². The molecule has 174 valence electrons. The first-order valence-corrected chi connectivity index (χ1v) is 12.7. The van der Waals surface area contributed by atoms with Crippen LogP contribution in [0, 0.1) is 19.8 Å². The minimum atomic E-state index is -3.60. The number of benzene rings is 2. The van der Waals surface area contributed by atoms with Crippen LogP contribution in [-0.2, 0) is 21.4 Å². The number of anilines is 1. The molecule has 1 aromatic heterocycles. The molecule has 2 aromatic carbocycles. The van der Waals surface area contributed by atoms with Crippen LogP contribution in [0.25, 0.3) is 0 Å². The first kappa shape index (κ1) is 23.5. The molecule has 2 heterocycles. The van der Waals surface area contributed by atoms with Crippen molar-refractivity contribution in [1.82, 2.24) is 14.1 Å². The summed E-state index contributed by atoms with van der Waals surface area (Å²) in [5, 5.41) is 8.12. The molecule has 0 aliphatic carbocycles. The minimum absolute atomic E-state index is 0.0935. The van der Waals surface area contributed by atoms with E-state index >= 15 is 0 Å². The summed E-state index contributed by atoms with van der Waals surface area (Å²) in [7, 11) is -3.60. The maximum atomic E-state index is 13.0. The summed E-state index contributed by atoms with van der Waals surface area (Å²) in [4.78, 5) is 13.2. The monoisotopic (exact) mass is 486 g/mol. The van der Waals surface area contributed by atoms with Gasteiger partial charge in [0.1, 0.15) is 0 Å². The van der Waals surface area contributed by atoms with Crippen molar-refractivity contribution in [2.24, 2.45) is 5.92 Å². The number of hydrogen-bond donors (Lipinski definition) is 1. The van der Waals surface area contributed by atoms with Crippen molar-refractivity contribution in [3.8, 4) is 0 Å². The number of carbonyl (C=O) groups is 1. The van der Waals surface area contributed by atoms with E-state index in [1.165, 1.54) is 16.4 Å². The molecule has 1 aliphatic rings. The SMILES string of the molecule is Cc1nn(Cc2ccccc2)c(C)c1NC(=O)C1CCN(S(=O)(=O)c2ccc(Cl)cc2)CC1. The molecule has 0 bridgehead atoms. The third kappa shape index (κ3) is 5.13. The fourth-order valence-corrected chi connectivity index (χ4v) is 5.72. The highest BCUT2D eigenvalue weighted by Gasteiger charge is 2.32. The third-order valence-corrected chi connectivity index (χ3v) is 8.25. The number of nitrogens with zero attached hydrogens (tertiary/aromatic N) is 3. The van der Waals surface area contributed by atoms with E-state index in [0.717, 1.165) is 22.6 Å². The van der Waals surface area contributed by atoms with Gasteiger partial charge in [0.25, 0.3) is 0 Å². The Labute approximate surface area is 199 Å². The highest BCUT2D eigenvalue weighted by Crippen LogP contribution is 2.27. The van der Waals surface area contributed by atoms with Crippen LogP contribution in [-0.4, -0.2) is 41.5 Å². The molecule has 0 atom stereocenters. The Morgan fingerprint density at radius 2 is 1.70 bits per heavy atom. The summed E-state index contributed by atoms with van der Waals surface area (Å²) in [5.74, 6) is -0.345. The van der Waals surface area contributed by atoms with E-state index < -0.39 is 10.0 Å². The maximum absolute atomic E-state index is 13.0. The third-order valence-electron chi connectivity index (χ3n) is 6.08. The average molecular weight is 487 g/mol. The number of rotatable bonds is 6. The molecule has 1 aliphatic heterocycles. The average Bonchev–Trinajstić information content (AvgIpc) is 3.07. The van der Waals surface area contributed by atoms with E-state index in [2.05, 4.69) is 10.4 Å². The minimum Gasteiger partial charge on any atom is -0.323 e. The number of halogens is 1. The van der Waals surface area contributed by atoms with Gasteiger partial charge in [0.05, 0.1) is 28.5 Å². The molecular weight excluding hydrogens is 460 g/mol. The normalized spacial score (nSPS) is 15.5. The van der Waals surface area contributed by atoms with Gasteiger partial charge in [-0.05, 0) is 56.5 Å². The number of nitrogens with one attached hydrogen (secondary N) is 1. The molecule has 7 nitrogen and oxygen atoms in total. The number of piperidine rings is 1. The van der Waals surface area contributed by atoms with Gasteiger partial charge in [-0.25, -0.2) is 8.42 Å². The fraction of sp³-hybridized carbons (Fsp3) is 0.333. The van der Waals surface area contributed by atoms with Gasteiger partial charge >= 0.3 is 0 Å². The summed E-state index contributed by atoms with van der Waals surface area (Å²) in [6, 6.07) is 16.2. The van der Waals surface area contributed by atoms with E-state index in [9.17, 15) is 13.2 Å². The summed E-state index contributed by atoms with van der Waals surface area (Å²) < 4.78 is 29.1. The van der Waals surface area contributed by atoms with Crippen LogP contribution in [0.15, 0.2) is 59.5 Å². The van der Waals surface area contributed by atoms with Crippen molar-refractivity contribution in [2.75, 3.05) is 18.4 Å². The molecule has 0 radical (unpaired) electrons. The second kappa shape index (κ2) is 9.67. The Kier molecular flexibility index (Phi) is 6.88. The van der Waals surface area contributed by atoms with E-state index in [4.69, 9.17) is 11.6 Å². The van der Waals surface area contributed by atoms with Gasteiger partial charge in [-0.2, -0.15) is 9.40 Å². The lowest BCUT2D eigenvalue weighted by molar-refractivity contribution is -0.120. The van der Waals surface area contributed by atoms with Crippen LogP contribution >= 0.6 is 11.6 Å². The Morgan fingerprint density at radius 1 is 1.06 bits per heavy atom. The van der Waals surface area contributed by atoms with E-state index in [-0.39, 0.29) is 16.7 Å². The van der Waals surface area contributed by atoms with Crippen LogP contribution in [0.1, 0.15) is 29.8 Å². The number of hydrogen-bond acceptors (Lipinski definition) is 4. The standard InChI is InChI=1S/C24H27ClN4O3S/c1-17-23(18(2)29(27-17)16-19-6-4-3-5-7-19)26-24(30)20-12-14-28(15-13-20)33(31,32)22-10-8-21(25)9-11-22/h3-11,20H,12-16H2,1-2H3,(H,26,30). The molecule has 1 N–H and O–H groups in total. The number of amides is 1. The lowest BCUT2D eigenvalue weighted by Gasteiger charge is -2.30. The summed E-state index contributed by atoms with van der Waals surface area (Å²) in [5.41, 5.74) is 3.52. The largest absolute Gasteiger partial charge is 0.323 e. The van der Waals surface area contributed by atoms with Crippen molar-refractivity contribution in [3.63, 3.8) is 0 Å². The molecule has 0 unspecified atom stereocenters. The highest BCUT2D eigenvalue weighted by atomic mass is 35.5. The molecule has 0 saturated carbocycles. The van der Waals surface area contributed by atoms with Gasteiger partial charge < -0.3 is 5.32 Å². The number of sulfonamides is 1. The molecule has 1 saturated heterocycles. The van der Waals surface area contributed by atoms with Crippen LogP contribution in [0.4, 0.5) is 5.69 Å². The van der Waals surface area contributed by atoms with Crippen molar-refractivity contribution < 1.29 is 13.2 Å². The predicted octanol–water partition coefficient (Wildman–Crippen LogP) is 4.24. The number of carbonyl (C=O) groups excluding carboxylic acids is 1. The van der Waals surface area contributed by atoms with Crippen LogP contribution in [0.5, 0.6) is 0 Å². The van der Waals surface area contributed by atoms with Crippen molar-refractivity contribution in [3.05, 3.63) is 76.6 Å². The first-order chi connectivity index (χ1) is 15.8.